The lowest BCUT2D eigenvalue weighted by molar-refractivity contribution is 0.0679. The number of nitrogens with one attached hydrogen (secondary N) is 1. The van der Waals surface area contributed by atoms with Gasteiger partial charge in [-0.2, -0.15) is 5.26 Å². The minimum Gasteiger partial charge on any atom is -0.491 e. The molecule has 1 unspecified atom stereocenters. The minimum absolute atomic E-state index is 0.198. The smallest absolute Gasteiger partial charge is 0.119 e. The predicted octanol–water partition coefficient (Wildman–Crippen LogP) is 0.551. The van der Waals surface area contributed by atoms with Gasteiger partial charge in [0.25, 0.3) is 0 Å². The van der Waals surface area contributed by atoms with Gasteiger partial charge in [-0.3, -0.25) is 0 Å². The maximum Gasteiger partial charge on any atom is 0.119 e. The van der Waals surface area contributed by atoms with Crippen LogP contribution in [0.25, 0.3) is 0 Å². The van der Waals surface area contributed by atoms with Gasteiger partial charge < -0.3 is 24.6 Å². The third kappa shape index (κ3) is 8.27. The number of hydrogen-bond acceptors (Lipinski definition) is 6. The Morgan fingerprint density at radius 3 is 2.67 bits per heavy atom. The van der Waals surface area contributed by atoms with E-state index in [0.717, 1.165) is 0 Å². The highest BCUT2D eigenvalue weighted by atomic mass is 16.5. The molecule has 0 aromatic heterocycles. The standard InChI is InChI=1S/C15H22N2O4/c1-19-8-9-20-7-6-17-11-14(18)12-21-15-4-2-13(10-16)3-5-15/h2-5,14,17-18H,6-9,11-12H2,1H3. The van der Waals surface area contributed by atoms with Gasteiger partial charge in [-0.05, 0) is 24.3 Å². The Balaban J connectivity index is 2.05. The molecule has 1 aromatic rings. The van der Waals surface area contributed by atoms with Gasteiger partial charge in [0.15, 0.2) is 0 Å². The summed E-state index contributed by atoms with van der Waals surface area (Å²) < 4.78 is 15.6. The van der Waals surface area contributed by atoms with Crippen LogP contribution in [-0.2, 0) is 9.47 Å². The number of methoxy groups -OCH3 is 1. The van der Waals surface area contributed by atoms with Crippen molar-refractivity contribution in [1.82, 2.24) is 5.32 Å². The first-order chi connectivity index (χ1) is 10.3. The Hall–Kier alpha value is -1.65. The van der Waals surface area contributed by atoms with Crippen LogP contribution >= 0.6 is 0 Å². The minimum atomic E-state index is -0.598. The molecule has 0 aliphatic carbocycles. The Bertz CT molecular complexity index is 417. The van der Waals surface area contributed by atoms with Gasteiger partial charge in [0.1, 0.15) is 18.5 Å². The molecule has 0 heterocycles. The molecule has 1 atom stereocenters. The van der Waals surface area contributed by atoms with Gasteiger partial charge >= 0.3 is 0 Å². The summed E-state index contributed by atoms with van der Waals surface area (Å²) in [5.41, 5.74) is 0.582. The van der Waals surface area contributed by atoms with Crippen molar-refractivity contribution < 1.29 is 19.3 Å². The number of benzene rings is 1. The summed E-state index contributed by atoms with van der Waals surface area (Å²) in [6.45, 7) is 3.03. The molecular formula is C15H22N2O4. The second-order valence-corrected chi connectivity index (χ2v) is 4.41. The van der Waals surface area contributed by atoms with Crippen molar-refractivity contribution >= 4 is 0 Å². The van der Waals surface area contributed by atoms with E-state index in [-0.39, 0.29) is 6.61 Å². The first kappa shape index (κ1) is 17.4. The quantitative estimate of drug-likeness (QED) is 0.580. The third-order valence-electron chi connectivity index (χ3n) is 2.66. The Morgan fingerprint density at radius 1 is 1.24 bits per heavy atom. The monoisotopic (exact) mass is 294 g/mol. The predicted molar refractivity (Wildman–Crippen MR) is 78.2 cm³/mol. The number of hydrogen-bond donors (Lipinski definition) is 2. The average Bonchev–Trinajstić information content (AvgIpc) is 2.52. The molecule has 0 spiro atoms. The molecule has 21 heavy (non-hydrogen) atoms. The zero-order chi connectivity index (χ0) is 15.3. The number of aliphatic hydroxyl groups is 1. The van der Waals surface area contributed by atoms with E-state index in [1.54, 1.807) is 31.4 Å². The van der Waals surface area contributed by atoms with Crippen molar-refractivity contribution in [2.75, 3.05) is 46.6 Å². The molecule has 6 nitrogen and oxygen atoms in total. The molecule has 0 radical (unpaired) electrons. The molecule has 2 N–H and O–H groups in total. The van der Waals surface area contributed by atoms with Crippen LogP contribution in [0, 0.1) is 11.3 Å². The van der Waals surface area contributed by atoms with E-state index in [0.29, 0.717) is 44.2 Å². The summed E-state index contributed by atoms with van der Waals surface area (Å²) in [5, 5.41) is 21.5. The highest BCUT2D eigenvalue weighted by Crippen LogP contribution is 2.11. The molecule has 0 amide bonds. The lowest BCUT2D eigenvalue weighted by atomic mass is 10.2. The molecule has 0 saturated heterocycles. The molecule has 116 valence electrons. The third-order valence-corrected chi connectivity index (χ3v) is 2.66. The number of nitrogens with zero attached hydrogens (tertiary/aromatic N) is 1. The molecule has 0 fully saturated rings. The molecule has 1 aromatic carbocycles. The maximum atomic E-state index is 9.75. The van der Waals surface area contributed by atoms with Crippen LogP contribution < -0.4 is 10.1 Å². The molecule has 1 rings (SSSR count). The van der Waals surface area contributed by atoms with Gasteiger partial charge in [0, 0.05) is 20.2 Å². The van der Waals surface area contributed by atoms with Crippen LogP contribution in [0.5, 0.6) is 5.75 Å². The maximum absolute atomic E-state index is 9.75. The van der Waals surface area contributed by atoms with E-state index >= 15 is 0 Å². The Labute approximate surface area is 125 Å². The number of ether oxygens (including phenoxy) is 3. The van der Waals surface area contributed by atoms with E-state index < -0.39 is 6.10 Å². The summed E-state index contributed by atoms with van der Waals surface area (Å²) in [4.78, 5) is 0. The summed E-state index contributed by atoms with van der Waals surface area (Å²) in [5.74, 6) is 0.635. The molecular weight excluding hydrogens is 272 g/mol. The Morgan fingerprint density at radius 2 is 2.00 bits per heavy atom. The van der Waals surface area contributed by atoms with Crippen LogP contribution in [0.1, 0.15) is 5.56 Å². The van der Waals surface area contributed by atoms with Crippen LogP contribution in [0.4, 0.5) is 0 Å². The van der Waals surface area contributed by atoms with Gasteiger partial charge in [0.05, 0.1) is 31.5 Å². The first-order valence-electron chi connectivity index (χ1n) is 6.84. The van der Waals surface area contributed by atoms with Crippen molar-refractivity contribution in [3.63, 3.8) is 0 Å². The van der Waals surface area contributed by atoms with E-state index in [2.05, 4.69) is 5.32 Å². The zero-order valence-electron chi connectivity index (χ0n) is 12.2. The van der Waals surface area contributed by atoms with Gasteiger partial charge in [-0.1, -0.05) is 0 Å². The largest absolute Gasteiger partial charge is 0.491 e. The fraction of sp³-hybridized carbons (Fsp3) is 0.533. The number of rotatable bonds is 11. The lowest BCUT2D eigenvalue weighted by Crippen LogP contribution is -2.33. The van der Waals surface area contributed by atoms with E-state index in [9.17, 15) is 5.11 Å². The normalized spacial score (nSPS) is 11.9. The van der Waals surface area contributed by atoms with Crippen molar-refractivity contribution in [1.29, 1.82) is 5.26 Å². The second kappa shape index (κ2) is 11.1. The van der Waals surface area contributed by atoms with Gasteiger partial charge in [0.2, 0.25) is 0 Å². The summed E-state index contributed by atoms with van der Waals surface area (Å²) in [7, 11) is 1.63. The molecule has 6 heteroatoms. The fourth-order valence-corrected chi connectivity index (χ4v) is 1.53. The van der Waals surface area contributed by atoms with Crippen molar-refractivity contribution in [3.8, 4) is 11.8 Å². The Kier molecular flexibility index (Phi) is 9.16. The van der Waals surface area contributed by atoms with Crippen LogP contribution in [0.15, 0.2) is 24.3 Å². The number of aliphatic hydroxyl groups excluding tert-OH is 1. The molecule has 0 aliphatic rings. The molecule has 0 saturated carbocycles. The van der Waals surface area contributed by atoms with Crippen LogP contribution in [0.2, 0.25) is 0 Å². The highest BCUT2D eigenvalue weighted by molar-refractivity contribution is 5.34. The van der Waals surface area contributed by atoms with E-state index in [1.807, 2.05) is 6.07 Å². The summed E-state index contributed by atoms with van der Waals surface area (Å²) in [6, 6.07) is 8.81. The lowest BCUT2D eigenvalue weighted by Gasteiger charge is -2.13. The van der Waals surface area contributed by atoms with Crippen molar-refractivity contribution in [2.24, 2.45) is 0 Å². The zero-order valence-corrected chi connectivity index (χ0v) is 12.2. The average molecular weight is 294 g/mol. The van der Waals surface area contributed by atoms with Gasteiger partial charge in [-0.15, -0.1) is 0 Å². The van der Waals surface area contributed by atoms with Crippen LogP contribution in [0.3, 0.4) is 0 Å². The topological polar surface area (TPSA) is 83.7 Å². The van der Waals surface area contributed by atoms with Gasteiger partial charge in [-0.25, -0.2) is 0 Å². The first-order valence-corrected chi connectivity index (χ1v) is 6.84. The van der Waals surface area contributed by atoms with Crippen LogP contribution in [-0.4, -0.2) is 57.8 Å². The fourth-order valence-electron chi connectivity index (χ4n) is 1.53. The SMILES string of the molecule is COCCOCCNCC(O)COc1ccc(C#N)cc1. The second-order valence-electron chi connectivity index (χ2n) is 4.41. The van der Waals surface area contributed by atoms with Crippen molar-refractivity contribution in [3.05, 3.63) is 29.8 Å². The molecule has 0 bridgehead atoms. The van der Waals surface area contributed by atoms with E-state index in [1.165, 1.54) is 0 Å². The number of nitriles is 1. The summed E-state index contributed by atoms with van der Waals surface area (Å²) in [6.07, 6.45) is -0.598. The van der Waals surface area contributed by atoms with E-state index in [4.69, 9.17) is 19.5 Å². The highest BCUT2D eigenvalue weighted by Gasteiger charge is 2.04. The molecule has 0 aliphatic heterocycles. The van der Waals surface area contributed by atoms with Crippen molar-refractivity contribution in [2.45, 2.75) is 6.10 Å². The summed E-state index contributed by atoms with van der Waals surface area (Å²) >= 11 is 0.